The summed E-state index contributed by atoms with van der Waals surface area (Å²) in [6.45, 7) is 1.99. The van der Waals surface area contributed by atoms with Crippen molar-refractivity contribution in [2.45, 2.75) is 32.2 Å². The highest BCUT2D eigenvalue weighted by atomic mass is 32.1. The minimum absolute atomic E-state index is 0.0524. The zero-order valence-corrected chi connectivity index (χ0v) is 13.9. The van der Waals surface area contributed by atoms with Crippen LogP contribution in [0.25, 0.3) is 0 Å². The molecule has 1 aromatic heterocycles. The van der Waals surface area contributed by atoms with Crippen molar-refractivity contribution in [3.05, 3.63) is 51.0 Å². The molecule has 120 valence electrons. The Balaban J connectivity index is 1.84. The van der Waals surface area contributed by atoms with Crippen molar-refractivity contribution in [1.82, 2.24) is 9.88 Å². The summed E-state index contributed by atoms with van der Waals surface area (Å²) in [5.74, 6) is -1.08. The Labute approximate surface area is 138 Å². The molecule has 0 spiro atoms. The number of hydrogen-bond donors (Lipinski definition) is 1. The van der Waals surface area contributed by atoms with Crippen LogP contribution in [-0.2, 0) is 6.42 Å². The Bertz CT molecular complexity index is 752. The second-order valence-corrected chi connectivity index (χ2v) is 6.99. The molecule has 0 aliphatic heterocycles. The van der Waals surface area contributed by atoms with Crippen LogP contribution in [0.5, 0.6) is 0 Å². The molecule has 3 rings (SSSR count). The summed E-state index contributed by atoms with van der Waals surface area (Å²) < 4.78 is 0. The Morgan fingerprint density at radius 1 is 1.26 bits per heavy atom. The molecule has 1 heterocycles. The number of fused-ring (bicyclic) bond motifs is 1. The fraction of sp³-hybridized carbons (Fsp3) is 0.353. The summed E-state index contributed by atoms with van der Waals surface area (Å²) >= 11 is 1.66. The lowest BCUT2D eigenvalue weighted by Gasteiger charge is -2.30. The van der Waals surface area contributed by atoms with Crippen molar-refractivity contribution in [3.8, 4) is 0 Å². The van der Waals surface area contributed by atoms with E-state index in [1.54, 1.807) is 28.4 Å². The van der Waals surface area contributed by atoms with Gasteiger partial charge in [-0.2, -0.15) is 0 Å². The van der Waals surface area contributed by atoms with E-state index in [1.165, 1.54) is 17.0 Å². The number of rotatable bonds is 3. The van der Waals surface area contributed by atoms with Gasteiger partial charge in [0.1, 0.15) is 0 Å². The van der Waals surface area contributed by atoms with Gasteiger partial charge in [0.15, 0.2) is 0 Å². The first-order valence-corrected chi connectivity index (χ1v) is 8.35. The van der Waals surface area contributed by atoms with Crippen molar-refractivity contribution in [3.63, 3.8) is 0 Å². The largest absolute Gasteiger partial charge is 0.478 e. The summed E-state index contributed by atoms with van der Waals surface area (Å²) in [6, 6.07) is 6.13. The molecule has 1 N–H and O–H groups in total. The van der Waals surface area contributed by atoms with Crippen LogP contribution >= 0.6 is 11.3 Å². The SMILES string of the molecule is Cc1nc2c(s1)C(N(C)C(=O)c1ccc(C(=O)O)cc1)CCC2. The van der Waals surface area contributed by atoms with E-state index in [4.69, 9.17) is 5.11 Å². The zero-order valence-electron chi connectivity index (χ0n) is 13.1. The van der Waals surface area contributed by atoms with E-state index in [0.29, 0.717) is 5.56 Å². The molecule has 1 unspecified atom stereocenters. The number of aromatic nitrogens is 1. The first kappa shape index (κ1) is 15.7. The predicted octanol–water partition coefficient (Wildman–Crippen LogP) is 3.30. The van der Waals surface area contributed by atoms with Gasteiger partial charge in [-0.25, -0.2) is 9.78 Å². The Morgan fingerprint density at radius 2 is 1.91 bits per heavy atom. The molecule has 6 heteroatoms. The molecule has 0 saturated heterocycles. The van der Waals surface area contributed by atoms with E-state index in [9.17, 15) is 9.59 Å². The van der Waals surface area contributed by atoms with E-state index in [-0.39, 0.29) is 17.5 Å². The van der Waals surface area contributed by atoms with Gasteiger partial charge in [-0.1, -0.05) is 0 Å². The second-order valence-electron chi connectivity index (χ2n) is 5.75. The molecule has 1 aliphatic rings. The fourth-order valence-electron chi connectivity index (χ4n) is 2.99. The average Bonchev–Trinajstić information content (AvgIpc) is 2.93. The van der Waals surface area contributed by atoms with Gasteiger partial charge in [0, 0.05) is 12.6 Å². The summed E-state index contributed by atoms with van der Waals surface area (Å²) in [5, 5.41) is 9.97. The molecule has 0 radical (unpaired) electrons. The van der Waals surface area contributed by atoms with Crippen LogP contribution < -0.4 is 0 Å². The predicted molar refractivity (Wildman–Crippen MR) is 88.0 cm³/mol. The summed E-state index contributed by atoms with van der Waals surface area (Å²) in [6.07, 6.45) is 2.94. The number of hydrogen-bond acceptors (Lipinski definition) is 4. The van der Waals surface area contributed by atoms with Gasteiger partial charge in [0.2, 0.25) is 0 Å². The second kappa shape index (κ2) is 6.12. The summed E-state index contributed by atoms with van der Waals surface area (Å²) in [4.78, 5) is 31.1. The third kappa shape index (κ3) is 2.99. The molecule has 0 saturated carbocycles. The number of aryl methyl sites for hydroxylation is 2. The normalized spacial score (nSPS) is 16.7. The molecular formula is C17H18N2O3S. The maximum Gasteiger partial charge on any atom is 0.335 e. The molecule has 1 atom stereocenters. The van der Waals surface area contributed by atoms with E-state index >= 15 is 0 Å². The molecule has 2 aromatic rings. The lowest BCUT2D eigenvalue weighted by Crippen LogP contribution is -2.32. The van der Waals surface area contributed by atoms with Crippen LogP contribution in [0.15, 0.2) is 24.3 Å². The van der Waals surface area contributed by atoms with E-state index in [0.717, 1.165) is 30.0 Å². The van der Waals surface area contributed by atoms with Crippen LogP contribution in [-0.4, -0.2) is 33.9 Å². The van der Waals surface area contributed by atoms with Gasteiger partial charge in [-0.3, -0.25) is 4.79 Å². The van der Waals surface area contributed by atoms with Crippen molar-refractivity contribution >= 4 is 23.2 Å². The highest BCUT2D eigenvalue weighted by molar-refractivity contribution is 7.11. The lowest BCUT2D eigenvalue weighted by molar-refractivity contribution is 0.0690. The summed E-state index contributed by atoms with van der Waals surface area (Å²) in [7, 11) is 1.81. The minimum Gasteiger partial charge on any atom is -0.478 e. The van der Waals surface area contributed by atoms with Crippen LogP contribution in [0, 0.1) is 6.92 Å². The van der Waals surface area contributed by atoms with E-state index in [2.05, 4.69) is 4.98 Å². The van der Waals surface area contributed by atoms with E-state index in [1.807, 2.05) is 14.0 Å². The number of benzene rings is 1. The van der Waals surface area contributed by atoms with Gasteiger partial charge in [-0.15, -0.1) is 11.3 Å². The van der Waals surface area contributed by atoms with Crippen molar-refractivity contribution in [2.24, 2.45) is 0 Å². The number of nitrogens with zero attached hydrogens (tertiary/aromatic N) is 2. The van der Waals surface area contributed by atoms with Crippen LogP contribution in [0.1, 0.15) is 55.2 Å². The number of carbonyl (C=O) groups is 2. The first-order chi connectivity index (χ1) is 11.0. The van der Waals surface area contributed by atoms with Crippen molar-refractivity contribution in [2.75, 3.05) is 7.05 Å². The lowest BCUT2D eigenvalue weighted by atomic mass is 9.96. The van der Waals surface area contributed by atoms with E-state index < -0.39 is 5.97 Å². The minimum atomic E-state index is -0.991. The molecule has 1 aromatic carbocycles. The molecular weight excluding hydrogens is 312 g/mol. The molecule has 0 bridgehead atoms. The molecule has 1 aliphatic carbocycles. The maximum atomic E-state index is 12.7. The van der Waals surface area contributed by atoms with Crippen molar-refractivity contribution in [1.29, 1.82) is 0 Å². The molecule has 23 heavy (non-hydrogen) atoms. The topological polar surface area (TPSA) is 70.5 Å². The van der Waals surface area contributed by atoms with Crippen LogP contribution in [0.4, 0.5) is 0 Å². The molecule has 5 nitrogen and oxygen atoms in total. The number of aromatic carboxylic acids is 1. The third-order valence-corrected chi connectivity index (χ3v) is 5.31. The smallest absolute Gasteiger partial charge is 0.335 e. The zero-order chi connectivity index (χ0) is 16.6. The number of thiazole rings is 1. The molecule has 1 amide bonds. The first-order valence-electron chi connectivity index (χ1n) is 7.54. The molecule has 0 fully saturated rings. The Morgan fingerprint density at radius 3 is 2.57 bits per heavy atom. The quantitative estimate of drug-likeness (QED) is 0.937. The van der Waals surface area contributed by atoms with Crippen LogP contribution in [0.3, 0.4) is 0 Å². The van der Waals surface area contributed by atoms with Gasteiger partial charge in [0.05, 0.1) is 27.2 Å². The monoisotopic (exact) mass is 330 g/mol. The standard InChI is InChI=1S/C17H18N2O3S/c1-10-18-13-4-3-5-14(15(13)23-10)19(2)16(20)11-6-8-12(9-7-11)17(21)22/h6-9,14H,3-5H2,1-2H3,(H,21,22). The fourth-order valence-corrected chi connectivity index (χ4v) is 4.14. The third-order valence-electron chi connectivity index (χ3n) is 4.19. The summed E-state index contributed by atoms with van der Waals surface area (Å²) in [5.41, 5.74) is 1.80. The van der Waals surface area contributed by atoms with Crippen LogP contribution in [0.2, 0.25) is 0 Å². The Hall–Kier alpha value is -2.21. The van der Waals surface area contributed by atoms with Gasteiger partial charge in [0.25, 0.3) is 5.91 Å². The van der Waals surface area contributed by atoms with Gasteiger partial charge in [-0.05, 0) is 50.5 Å². The Kier molecular flexibility index (Phi) is 4.17. The number of carbonyl (C=O) groups excluding carboxylic acids is 1. The highest BCUT2D eigenvalue weighted by Gasteiger charge is 2.30. The van der Waals surface area contributed by atoms with Crippen molar-refractivity contribution < 1.29 is 14.7 Å². The maximum absolute atomic E-state index is 12.7. The van der Waals surface area contributed by atoms with Gasteiger partial charge < -0.3 is 10.0 Å². The number of amides is 1. The van der Waals surface area contributed by atoms with Gasteiger partial charge >= 0.3 is 5.97 Å². The average molecular weight is 330 g/mol. The number of carboxylic acids is 1. The highest BCUT2D eigenvalue weighted by Crippen LogP contribution is 2.37. The number of carboxylic acid groups (broad SMARTS) is 1.